The van der Waals surface area contributed by atoms with Gasteiger partial charge in [0.25, 0.3) is 0 Å². The van der Waals surface area contributed by atoms with Crippen molar-refractivity contribution in [3.05, 3.63) is 0 Å². The van der Waals surface area contributed by atoms with E-state index in [0.717, 1.165) is 38.0 Å². The molecule has 0 radical (unpaired) electrons. The van der Waals surface area contributed by atoms with E-state index in [1.807, 2.05) is 13.8 Å². The summed E-state index contributed by atoms with van der Waals surface area (Å²) in [6.07, 6.45) is 20.2. The molecule has 0 aromatic carbocycles. The second-order valence-corrected chi connectivity index (χ2v) is 11.4. The van der Waals surface area contributed by atoms with Crippen molar-refractivity contribution in [2.45, 2.75) is 150 Å². The highest BCUT2D eigenvalue weighted by atomic mass is 16.4. The normalized spacial score (nSPS) is 24.2. The van der Waals surface area contributed by atoms with E-state index in [-0.39, 0.29) is 5.92 Å². The van der Waals surface area contributed by atoms with E-state index in [1.165, 1.54) is 64.2 Å². The minimum atomic E-state index is -1.12. The van der Waals surface area contributed by atoms with Crippen LogP contribution in [0.2, 0.25) is 0 Å². The van der Waals surface area contributed by atoms with Crippen molar-refractivity contribution in [3.63, 3.8) is 0 Å². The maximum absolute atomic E-state index is 12.5. The molecule has 1 aliphatic rings. The van der Waals surface area contributed by atoms with Gasteiger partial charge in [0.15, 0.2) is 0 Å². The van der Waals surface area contributed by atoms with E-state index in [4.69, 9.17) is 0 Å². The number of unbranched alkanes of at least 4 members (excludes halogenated alkanes) is 11. The van der Waals surface area contributed by atoms with E-state index in [9.17, 15) is 19.8 Å². The van der Waals surface area contributed by atoms with Gasteiger partial charge in [-0.1, -0.05) is 130 Å². The standard InChI is InChI=1S/C29H54O4/c1-5-25(4)29(27(32)33)23-19-18-22-28(29,26(30)31)21-17-15-13-11-9-7-6-8-10-12-14-16-20-24(2)3/h24-25H,5-23H2,1-4H3,(H,30,31)(H,32,33). The van der Waals surface area contributed by atoms with Crippen molar-refractivity contribution in [1.29, 1.82) is 0 Å². The highest BCUT2D eigenvalue weighted by Gasteiger charge is 2.63. The minimum absolute atomic E-state index is 0.124. The first-order valence-corrected chi connectivity index (χ1v) is 14.2. The zero-order valence-electron chi connectivity index (χ0n) is 22.3. The number of hydrogen-bond donors (Lipinski definition) is 2. The molecule has 0 aromatic rings. The third kappa shape index (κ3) is 8.58. The third-order valence-corrected chi connectivity index (χ3v) is 8.66. The lowest BCUT2D eigenvalue weighted by Gasteiger charge is -2.51. The van der Waals surface area contributed by atoms with Crippen LogP contribution in [0.15, 0.2) is 0 Å². The van der Waals surface area contributed by atoms with E-state index >= 15 is 0 Å². The highest BCUT2D eigenvalue weighted by molar-refractivity contribution is 5.87. The number of carboxylic acid groups (broad SMARTS) is 2. The van der Waals surface area contributed by atoms with Crippen LogP contribution < -0.4 is 0 Å². The van der Waals surface area contributed by atoms with Gasteiger partial charge in [0.1, 0.15) is 0 Å². The number of hydrogen-bond acceptors (Lipinski definition) is 2. The average Bonchev–Trinajstić information content (AvgIpc) is 2.78. The van der Waals surface area contributed by atoms with Gasteiger partial charge in [0, 0.05) is 0 Å². The first-order valence-electron chi connectivity index (χ1n) is 14.2. The van der Waals surface area contributed by atoms with Gasteiger partial charge < -0.3 is 10.2 Å². The zero-order valence-corrected chi connectivity index (χ0v) is 22.3. The Morgan fingerprint density at radius 2 is 1.15 bits per heavy atom. The SMILES string of the molecule is CCC(C)C1(C(=O)O)CCCCC1(CCCCCCCCCCCCCCC(C)C)C(=O)O. The molecular weight excluding hydrogens is 412 g/mol. The average molecular weight is 467 g/mol. The fourth-order valence-electron chi connectivity index (χ4n) is 6.38. The molecule has 1 aliphatic carbocycles. The van der Waals surface area contributed by atoms with Gasteiger partial charge in [-0.15, -0.1) is 0 Å². The summed E-state index contributed by atoms with van der Waals surface area (Å²) in [5, 5.41) is 20.5. The van der Waals surface area contributed by atoms with Crippen molar-refractivity contribution in [3.8, 4) is 0 Å². The van der Waals surface area contributed by atoms with Crippen molar-refractivity contribution in [2.75, 3.05) is 0 Å². The van der Waals surface area contributed by atoms with Crippen LogP contribution in [0.5, 0.6) is 0 Å². The number of aliphatic carboxylic acids is 2. The molecule has 4 nitrogen and oxygen atoms in total. The predicted octanol–water partition coefficient (Wildman–Crippen LogP) is 8.87. The van der Waals surface area contributed by atoms with E-state index in [1.54, 1.807) is 0 Å². The molecule has 0 spiro atoms. The Labute approximate surface area is 204 Å². The molecule has 0 aliphatic heterocycles. The molecule has 1 fully saturated rings. The molecule has 0 saturated heterocycles. The second-order valence-electron chi connectivity index (χ2n) is 11.4. The number of rotatable bonds is 19. The summed E-state index contributed by atoms with van der Waals surface area (Å²) in [7, 11) is 0. The zero-order chi connectivity index (χ0) is 24.7. The molecule has 33 heavy (non-hydrogen) atoms. The fraction of sp³-hybridized carbons (Fsp3) is 0.931. The van der Waals surface area contributed by atoms with E-state index in [2.05, 4.69) is 13.8 Å². The molecule has 194 valence electrons. The van der Waals surface area contributed by atoms with Crippen LogP contribution in [0.4, 0.5) is 0 Å². The maximum atomic E-state index is 12.5. The van der Waals surface area contributed by atoms with Crippen molar-refractivity contribution >= 4 is 11.9 Å². The van der Waals surface area contributed by atoms with Gasteiger partial charge in [0.05, 0.1) is 10.8 Å². The van der Waals surface area contributed by atoms with E-state index < -0.39 is 22.8 Å². The summed E-state index contributed by atoms with van der Waals surface area (Å²) in [4.78, 5) is 25.0. The molecule has 4 heteroatoms. The van der Waals surface area contributed by atoms with Gasteiger partial charge in [-0.3, -0.25) is 9.59 Å². The molecule has 0 bridgehead atoms. The number of carboxylic acids is 2. The lowest BCUT2D eigenvalue weighted by Crippen LogP contribution is -2.57. The summed E-state index contributed by atoms with van der Waals surface area (Å²) in [6.45, 7) is 8.54. The molecule has 3 unspecified atom stereocenters. The summed E-state index contributed by atoms with van der Waals surface area (Å²) in [5.41, 5.74) is -2.23. The first kappa shape index (κ1) is 30.0. The van der Waals surface area contributed by atoms with Gasteiger partial charge in [-0.05, 0) is 31.1 Å². The van der Waals surface area contributed by atoms with Gasteiger partial charge in [-0.25, -0.2) is 0 Å². The predicted molar refractivity (Wildman–Crippen MR) is 138 cm³/mol. The van der Waals surface area contributed by atoms with Crippen LogP contribution in [-0.4, -0.2) is 22.2 Å². The summed E-state index contributed by atoms with van der Waals surface area (Å²) in [6, 6.07) is 0. The Morgan fingerprint density at radius 1 is 0.697 bits per heavy atom. The Kier molecular flexibility index (Phi) is 14.3. The quantitative estimate of drug-likeness (QED) is 0.186. The van der Waals surface area contributed by atoms with Crippen LogP contribution in [-0.2, 0) is 9.59 Å². The summed E-state index contributed by atoms with van der Waals surface area (Å²) < 4.78 is 0. The topological polar surface area (TPSA) is 74.6 Å². The fourth-order valence-corrected chi connectivity index (χ4v) is 6.38. The Bertz CT molecular complexity index is 558. The number of carbonyl (C=O) groups is 2. The van der Waals surface area contributed by atoms with Crippen molar-refractivity contribution in [2.24, 2.45) is 22.7 Å². The van der Waals surface area contributed by atoms with Crippen molar-refractivity contribution in [1.82, 2.24) is 0 Å². The van der Waals surface area contributed by atoms with E-state index in [0.29, 0.717) is 25.7 Å². The monoisotopic (exact) mass is 466 g/mol. The molecule has 1 rings (SSSR count). The smallest absolute Gasteiger partial charge is 0.311 e. The molecule has 3 atom stereocenters. The third-order valence-electron chi connectivity index (χ3n) is 8.66. The Morgan fingerprint density at radius 3 is 1.58 bits per heavy atom. The maximum Gasteiger partial charge on any atom is 0.311 e. The lowest BCUT2D eigenvalue weighted by molar-refractivity contribution is -0.188. The second kappa shape index (κ2) is 15.8. The molecule has 2 N–H and O–H groups in total. The van der Waals surface area contributed by atoms with Crippen LogP contribution in [0.1, 0.15) is 150 Å². The first-order chi connectivity index (χ1) is 15.7. The Hall–Kier alpha value is -1.06. The van der Waals surface area contributed by atoms with Gasteiger partial charge >= 0.3 is 11.9 Å². The van der Waals surface area contributed by atoms with Gasteiger partial charge in [-0.2, -0.15) is 0 Å². The van der Waals surface area contributed by atoms with Crippen LogP contribution in [0.25, 0.3) is 0 Å². The Balaban J connectivity index is 2.33. The van der Waals surface area contributed by atoms with Gasteiger partial charge in [0.2, 0.25) is 0 Å². The van der Waals surface area contributed by atoms with Crippen LogP contribution in [0.3, 0.4) is 0 Å². The molecule has 0 amide bonds. The van der Waals surface area contributed by atoms with Crippen LogP contribution >= 0.6 is 0 Å². The highest BCUT2D eigenvalue weighted by Crippen LogP contribution is 2.58. The minimum Gasteiger partial charge on any atom is -0.481 e. The molecular formula is C29H54O4. The molecule has 0 heterocycles. The van der Waals surface area contributed by atoms with Crippen LogP contribution in [0, 0.1) is 22.7 Å². The molecule has 0 aromatic heterocycles. The van der Waals surface area contributed by atoms with Crippen molar-refractivity contribution < 1.29 is 19.8 Å². The lowest BCUT2D eigenvalue weighted by atomic mass is 9.49. The summed E-state index contributed by atoms with van der Waals surface area (Å²) >= 11 is 0. The molecule has 1 saturated carbocycles. The largest absolute Gasteiger partial charge is 0.481 e. The summed E-state index contributed by atoms with van der Waals surface area (Å²) in [5.74, 6) is -1.06.